The molecular weight excluding hydrogens is 340 g/mol. The van der Waals surface area contributed by atoms with E-state index in [0.717, 1.165) is 48.0 Å². The SMILES string of the molecule is CCC(C)n1ncc2c(-c3nc(C4(N)CCC4)no3)cc(C)nc21.Cl. The summed E-state index contributed by atoms with van der Waals surface area (Å²) in [7, 11) is 0. The summed E-state index contributed by atoms with van der Waals surface area (Å²) in [6, 6.07) is 2.25. The van der Waals surface area contributed by atoms with Gasteiger partial charge in [0.05, 0.1) is 28.7 Å². The maximum absolute atomic E-state index is 6.31. The third-order valence-corrected chi connectivity index (χ3v) is 5.05. The fourth-order valence-corrected chi connectivity index (χ4v) is 3.13. The van der Waals surface area contributed by atoms with Crippen LogP contribution < -0.4 is 5.73 Å². The van der Waals surface area contributed by atoms with Gasteiger partial charge in [-0.3, -0.25) is 0 Å². The molecule has 0 aliphatic heterocycles. The minimum absolute atomic E-state index is 0. The number of nitrogens with two attached hydrogens (primary N) is 1. The van der Waals surface area contributed by atoms with Gasteiger partial charge in [-0.05, 0) is 45.6 Å². The van der Waals surface area contributed by atoms with Gasteiger partial charge in [0.15, 0.2) is 11.5 Å². The zero-order valence-electron chi connectivity index (χ0n) is 14.7. The van der Waals surface area contributed by atoms with Gasteiger partial charge in [-0.2, -0.15) is 10.1 Å². The highest BCUT2D eigenvalue weighted by Crippen LogP contribution is 2.38. The molecule has 0 amide bonds. The second kappa shape index (κ2) is 6.38. The summed E-state index contributed by atoms with van der Waals surface area (Å²) >= 11 is 0. The quantitative estimate of drug-likeness (QED) is 0.762. The van der Waals surface area contributed by atoms with Crippen LogP contribution in [0.1, 0.15) is 57.1 Å². The van der Waals surface area contributed by atoms with Crippen molar-refractivity contribution in [2.24, 2.45) is 5.73 Å². The van der Waals surface area contributed by atoms with Crippen molar-refractivity contribution in [1.82, 2.24) is 24.9 Å². The van der Waals surface area contributed by atoms with Gasteiger partial charge in [0.1, 0.15) is 0 Å². The molecule has 25 heavy (non-hydrogen) atoms. The molecular formula is C17H23ClN6O. The Kier molecular flexibility index (Phi) is 4.55. The van der Waals surface area contributed by atoms with Crippen molar-refractivity contribution in [2.45, 2.75) is 58.0 Å². The van der Waals surface area contributed by atoms with Crippen LogP contribution in [0.4, 0.5) is 0 Å². The van der Waals surface area contributed by atoms with Crippen molar-refractivity contribution in [3.63, 3.8) is 0 Å². The zero-order valence-corrected chi connectivity index (χ0v) is 15.5. The average Bonchev–Trinajstić information content (AvgIpc) is 3.18. The molecule has 3 heterocycles. The molecule has 1 fully saturated rings. The van der Waals surface area contributed by atoms with Crippen molar-refractivity contribution >= 4 is 23.4 Å². The molecule has 1 atom stereocenters. The Morgan fingerprint density at radius 2 is 2.12 bits per heavy atom. The summed E-state index contributed by atoms with van der Waals surface area (Å²) < 4.78 is 7.48. The van der Waals surface area contributed by atoms with Crippen molar-refractivity contribution in [3.05, 3.63) is 23.8 Å². The first-order valence-corrected chi connectivity index (χ1v) is 8.50. The minimum Gasteiger partial charge on any atom is -0.334 e. The van der Waals surface area contributed by atoms with Crippen LogP contribution in [0.2, 0.25) is 0 Å². The maximum atomic E-state index is 6.31. The normalized spacial score (nSPS) is 17.1. The Morgan fingerprint density at radius 1 is 1.36 bits per heavy atom. The molecule has 3 aromatic rings. The number of halogens is 1. The van der Waals surface area contributed by atoms with Gasteiger partial charge in [0, 0.05) is 5.69 Å². The Hall–Kier alpha value is -1.99. The molecule has 4 rings (SSSR count). The predicted molar refractivity (Wildman–Crippen MR) is 97.5 cm³/mol. The second-order valence-corrected chi connectivity index (χ2v) is 6.83. The molecule has 7 nitrogen and oxygen atoms in total. The first kappa shape index (κ1) is 17.8. The van der Waals surface area contributed by atoms with E-state index in [2.05, 4.69) is 34.1 Å². The lowest BCUT2D eigenvalue weighted by atomic mass is 9.77. The fraction of sp³-hybridized carbons (Fsp3) is 0.529. The van der Waals surface area contributed by atoms with Crippen LogP contribution in [-0.2, 0) is 5.54 Å². The van der Waals surface area contributed by atoms with E-state index in [1.165, 1.54) is 0 Å². The van der Waals surface area contributed by atoms with Crippen LogP contribution in [0.3, 0.4) is 0 Å². The minimum atomic E-state index is -0.427. The zero-order chi connectivity index (χ0) is 16.9. The summed E-state index contributed by atoms with van der Waals surface area (Å²) in [6.07, 6.45) is 5.74. The van der Waals surface area contributed by atoms with E-state index in [9.17, 15) is 0 Å². The maximum Gasteiger partial charge on any atom is 0.258 e. The number of fused-ring (bicyclic) bond motifs is 1. The molecule has 0 saturated heterocycles. The monoisotopic (exact) mass is 362 g/mol. The summed E-state index contributed by atoms with van der Waals surface area (Å²) in [6.45, 7) is 6.23. The van der Waals surface area contributed by atoms with Crippen LogP contribution in [-0.4, -0.2) is 24.9 Å². The van der Waals surface area contributed by atoms with Crippen LogP contribution in [0.5, 0.6) is 0 Å². The van der Waals surface area contributed by atoms with E-state index in [1.54, 1.807) is 0 Å². The molecule has 3 aromatic heterocycles. The lowest BCUT2D eigenvalue weighted by Crippen LogP contribution is -2.44. The van der Waals surface area contributed by atoms with Gasteiger partial charge < -0.3 is 10.3 Å². The van der Waals surface area contributed by atoms with E-state index >= 15 is 0 Å². The number of nitrogens with zero attached hydrogens (tertiary/aromatic N) is 5. The van der Waals surface area contributed by atoms with Crippen LogP contribution in [0.15, 0.2) is 16.8 Å². The molecule has 2 N–H and O–H groups in total. The number of rotatable bonds is 4. The summed E-state index contributed by atoms with van der Waals surface area (Å²) in [4.78, 5) is 9.23. The molecule has 8 heteroatoms. The molecule has 0 aromatic carbocycles. The number of pyridine rings is 1. The molecule has 1 aliphatic rings. The average molecular weight is 363 g/mol. The van der Waals surface area contributed by atoms with Gasteiger partial charge in [-0.15, -0.1) is 12.4 Å². The van der Waals surface area contributed by atoms with Crippen LogP contribution >= 0.6 is 12.4 Å². The molecule has 1 unspecified atom stereocenters. The highest BCUT2D eigenvalue weighted by Gasteiger charge is 2.39. The lowest BCUT2D eigenvalue weighted by molar-refractivity contribution is 0.229. The Morgan fingerprint density at radius 3 is 2.76 bits per heavy atom. The summed E-state index contributed by atoms with van der Waals surface area (Å²) in [5.41, 5.74) is 8.50. The van der Waals surface area contributed by atoms with Crippen LogP contribution in [0.25, 0.3) is 22.5 Å². The number of hydrogen-bond acceptors (Lipinski definition) is 6. The number of aryl methyl sites for hydroxylation is 1. The third kappa shape index (κ3) is 2.81. The van der Waals surface area contributed by atoms with Crippen molar-refractivity contribution in [2.75, 3.05) is 0 Å². The Balaban J connectivity index is 0.00000182. The lowest BCUT2D eigenvalue weighted by Gasteiger charge is -2.34. The van der Waals surface area contributed by atoms with E-state index in [-0.39, 0.29) is 18.4 Å². The second-order valence-electron chi connectivity index (χ2n) is 6.83. The van der Waals surface area contributed by atoms with Gasteiger partial charge in [-0.1, -0.05) is 12.1 Å². The molecule has 134 valence electrons. The first-order chi connectivity index (χ1) is 11.5. The molecule has 1 saturated carbocycles. The molecule has 0 bridgehead atoms. The van der Waals surface area contributed by atoms with Gasteiger partial charge >= 0.3 is 0 Å². The van der Waals surface area contributed by atoms with Gasteiger partial charge in [0.25, 0.3) is 5.89 Å². The largest absolute Gasteiger partial charge is 0.334 e. The smallest absolute Gasteiger partial charge is 0.258 e. The molecule has 1 aliphatic carbocycles. The summed E-state index contributed by atoms with van der Waals surface area (Å²) in [5.74, 6) is 1.08. The van der Waals surface area contributed by atoms with Crippen LogP contribution in [0, 0.1) is 6.92 Å². The standard InChI is InChI=1S/C17H22N6O.ClH/c1-4-11(3)23-14-13(9-19-23)12(8-10(2)20-14)15-21-16(22-24-15)17(18)6-5-7-17;/h8-9,11H,4-7,18H2,1-3H3;1H. The van der Waals surface area contributed by atoms with E-state index < -0.39 is 5.54 Å². The Labute approximate surface area is 152 Å². The van der Waals surface area contributed by atoms with Gasteiger partial charge in [-0.25, -0.2) is 9.67 Å². The number of hydrogen-bond donors (Lipinski definition) is 1. The van der Waals surface area contributed by atoms with Crippen molar-refractivity contribution in [1.29, 1.82) is 0 Å². The topological polar surface area (TPSA) is 95.7 Å². The van der Waals surface area contributed by atoms with E-state index in [4.69, 9.17) is 10.3 Å². The van der Waals surface area contributed by atoms with E-state index in [1.807, 2.05) is 23.9 Å². The highest BCUT2D eigenvalue weighted by atomic mass is 35.5. The van der Waals surface area contributed by atoms with Crippen molar-refractivity contribution in [3.8, 4) is 11.5 Å². The fourth-order valence-electron chi connectivity index (χ4n) is 3.13. The summed E-state index contributed by atoms with van der Waals surface area (Å²) in [5, 5.41) is 9.56. The van der Waals surface area contributed by atoms with Gasteiger partial charge in [0.2, 0.25) is 0 Å². The predicted octanol–water partition coefficient (Wildman–Crippen LogP) is 3.52. The number of aromatic nitrogens is 5. The highest BCUT2D eigenvalue weighted by molar-refractivity contribution is 5.90. The molecule has 0 spiro atoms. The Bertz CT molecular complexity index is 898. The van der Waals surface area contributed by atoms with E-state index in [0.29, 0.717) is 11.7 Å². The molecule has 0 radical (unpaired) electrons. The van der Waals surface area contributed by atoms with Crippen molar-refractivity contribution < 1.29 is 4.52 Å². The third-order valence-electron chi connectivity index (χ3n) is 5.05. The first-order valence-electron chi connectivity index (χ1n) is 8.50.